The van der Waals surface area contributed by atoms with Gasteiger partial charge in [0.1, 0.15) is 5.78 Å². The number of halogens is 1. The molecule has 1 saturated carbocycles. The molecule has 0 amide bonds. The Labute approximate surface area is 73.1 Å². The Hall–Kier alpha value is -0.0400. The Morgan fingerprint density at radius 2 is 2.27 bits per heavy atom. The molecule has 0 aromatic rings. The van der Waals surface area contributed by atoms with Crippen LogP contribution in [0.15, 0.2) is 0 Å². The highest BCUT2D eigenvalue weighted by Crippen LogP contribution is 2.26. The van der Waals surface area contributed by atoms with Gasteiger partial charge in [0.2, 0.25) is 0 Å². The second-order valence-corrected chi connectivity index (χ2v) is 3.71. The van der Waals surface area contributed by atoms with Crippen LogP contribution in [0.1, 0.15) is 38.5 Å². The van der Waals surface area contributed by atoms with Crippen molar-refractivity contribution in [3.63, 3.8) is 0 Å². The van der Waals surface area contributed by atoms with Crippen molar-refractivity contribution in [2.75, 3.05) is 5.88 Å². The lowest BCUT2D eigenvalue weighted by Crippen LogP contribution is -1.95. The third kappa shape index (κ3) is 3.24. The zero-order valence-electron chi connectivity index (χ0n) is 6.81. The third-order valence-corrected chi connectivity index (χ3v) is 2.61. The summed E-state index contributed by atoms with van der Waals surface area (Å²) in [5.74, 6) is 1.91. The molecule has 1 nitrogen and oxygen atoms in total. The Kier molecular flexibility index (Phi) is 3.92. The number of ketones is 1. The maximum atomic E-state index is 10.9. The molecule has 1 atom stereocenters. The molecule has 0 radical (unpaired) electrons. The summed E-state index contributed by atoms with van der Waals surface area (Å²) in [7, 11) is 0. The number of hydrogen-bond donors (Lipinski definition) is 0. The summed E-state index contributed by atoms with van der Waals surface area (Å²) < 4.78 is 0. The summed E-state index contributed by atoms with van der Waals surface area (Å²) >= 11 is 5.55. The summed E-state index contributed by atoms with van der Waals surface area (Å²) in [5, 5.41) is 0. The molecule has 2 heteroatoms. The number of hydrogen-bond acceptors (Lipinski definition) is 1. The monoisotopic (exact) mass is 174 g/mol. The molecular formula is C9H15ClO. The Morgan fingerprint density at radius 3 is 2.82 bits per heavy atom. The highest BCUT2D eigenvalue weighted by Gasteiger charge is 2.20. The van der Waals surface area contributed by atoms with Crippen molar-refractivity contribution < 1.29 is 4.79 Å². The normalized spacial score (nSPS) is 24.5. The fraction of sp³-hybridized carbons (Fsp3) is 0.889. The van der Waals surface area contributed by atoms with Gasteiger partial charge < -0.3 is 0 Å². The molecule has 0 aromatic heterocycles. The van der Waals surface area contributed by atoms with Crippen molar-refractivity contribution in [2.24, 2.45) is 5.92 Å². The van der Waals surface area contributed by atoms with E-state index in [0.29, 0.717) is 11.7 Å². The van der Waals surface area contributed by atoms with Crippen molar-refractivity contribution in [3.05, 3.63) is 0 Å². The SMILES string of the molecule is O=C1CCC(CCCCCl)C1. The lowest BCUT2D eigenvalue weighted by molar-refractivity contribution is -0.117. The second-order valence-electron chi connectivity index (χ2n) is 3.33. The Bertz CT molecular complexity index is 134. The van der Waals surface area contributed by atoms with E-state index in [4.69, 9.17) is 11.6 Å². The number of unbranched alkanes of at least 4 members (excludes halogenated alkanes) is 1. The fourth-order valence-electron chi connectivity index (χ4n) is 1.67. The lowest BCUT2D eigenvalue weighted by atomic mass is 10.0. The van der Waals surface area contributed by atoms with Gasteiger partial charge in [-0.3, -0.25) is 4.79 Å². The molecule has 0 heterocycles. The summed E-state index contributed by atoms with van der Waals surface area (Å²) in [6.07, 6.45) is 6.29. The predicted molar refractivity (Wildman–Crippen MR) is 46.9 cm³/mol. The topological polar surface area (TPSA) is 17.1 Å². The van der Waals surface area contributed by atoms with Gasteiger partial charge in [0.05, 0.1) is 0 Å². The van der Waals surface area contributed by atoms with E-state index in [1.165, 1.54) is 12.8 Å². The molecule has 64 valence electrons. The van der Waals surface area contributed by atoms with Crippen molar-refractivity contribution >= 4 is 17.4 Å². The maximum Gasteiger partial charge on any atom is 0.133 e. The molecule has 0 spiro atoms. The maximum absolute atomic E-state index is 10.9. The van der Waals surface area contributed by atoms with Crippen LogP contribution in [-0.2, 0) is 4.79 Å². The number of alkyl halides is 1. The minimum absolute atomic E-state index is 0.459. The van der Waals surface area contributed by atoms with Gasteiger partial charge >= 0.3 is 0 Å². The quantitative estimate of drug-likeness (QED) is 0.473. The molecule has 1 aliphatic rings. The van der Waals surface area contributed by atoms with Gasteiger partial charge in [-0.15, -0.1) is 11.6 Å². The molecular weight excluding hydrogens is 160 g/mol. The first kappa shape index (κ1) is 9.05. The molecule has 0 saturated heterocycles. The Morgan fingerprint density at radius 1 is 1.45 bits per heavy atom. The van der Waals surface area contributed by atoms with Crippen LogP contribution in [0, 0.1) is 5.92 Å². The van der Waals surface area contributed by atoms with Gasteiger partial charge in [-0.1, -0.05) is 6.42 Å². The van der Waals surface area contributed by atoms with Gasteiger partial charge in [0.25, 0.3) is 0 Å². The van der Waals surface area contributed by atoms with Gasteiger partial charge in [-0.2, -0.15) is 0 Å². The lowest BCUT2D eigenvalue weighted by Gasteiger charge is -2.05. The largest absolute Gasteiger partial charge is 0.300 e. The number of Topliss-reactive ketones (excluding diaryl/α,β-unsaturated/α-hetero) is 1. The van der Waals surface area contributed by atoms with Crippen molar-refractivity contribution in [3.8, 4) is 0 Å². The molecule has 11 heavy (non-hydrogen) atoms. The first-order valence-corrected chi connectivity index (χ1v) is 4.94. The van der Waals surface area contributed by atoms with Crippen LogP contribution in [0.2, 0.25) is 0 Å². The summed E-state index contributed by atoms with van der Waals surface area (Å²) in [6.45, 7) is 0. The van der Waals surface area contributed by atoms with Crippen LogP contribution in [0.3, 0.4) is 0 Å². The summed E-state index contributed by atoms with van der Waals surface area (Å²) in [4.78, 5) is 10.9. The van der Waals surface area contributed by atoms with Gasteiger partial charge in [0, 0.05) is 18.7 Å². The number of rotatable bonds is 4. The van der Waals surface area contributed by atoms with Crippen LogP contribution in [0.25, 0.3) is 0 Å². The summed E-state index contributed by atoms with van der Waals surface area (Å²) in [5.41, 5.74) is 0. The van der Waals surface area contributed by atoms with Gasteiger partial charge in [-0.25, -0.2) is 0 Å². The molecule has 0 N–H and O–H groups in total. The van der Waals surface area contributed by atoms with E-state index in [1.807, 2.05) is 0 Å². The molecule has 0 aliphatic heterocycles. The highest BCUT2D eigenvalue weighted by atomic mass is 35.5. The van der Waals surface area contributed by atoms with E-state index in [0.717, 1.165) is 31.6 Å². The van der Waals surface area contributed by atoms with E-state index < -0.39 is 0 Å². The first-order valence-electron chi connectivity index (χ1n) is 4.40. The van der Waals surface area contributed by atoms with Crippen LogP contribution < -0.4 is 0 Å². The van der Waals surface area contributed by atoms with Gasteiger partial charge in [-0.05, 0) is 25.2 Å². The Balaban J connectivity index is 2.04. The van der Waals surface area contributed by atoms with Crippen molar-refractivity contribution in [2.45, 2.75) is 38.5 Å². The predicted octanol–water partition coefficient (Wildman–Crippen LogP) is 2.76. The van der Waals surface area contributed by atoms with E-state index >= 15 is 0 Å². The zero-order chi connectivity index (χ0) is 8.10. The highest BCUT2D eigenvalue weighted by molar-refractivity contribution is 6.17. The second kappa shape index (κ2) is 4.76. The average Bonchev–Trinajstić information content (AvgIpc) is 2.37. The molecule has 0 bridgehead atoms. The van der Waals surface area contributed by atoms with Crippen LogP contribution in [0.5, 0.6) is 0 Å². The molecule has 0 aromatic carbocycles. The minimum Gasteiger partial charge on any atom is -0.300 e. The smallest absolute Gasteiger partial charge is 0.133 e. The summed E-state index contributed by atoms with van der Waals surface area (Å²) in [6, 6.07) is 0. The fourth-order valence-corrected chi connectivity index (χ4v) is 1.85. The van der Waals surface area contributed by atoms with E-state index in [-0.39, 0.29) is 0 Å². The first-order chi connectivity index (χ1) is 5.33. The minimum atomic E-state index is 0.459. The molecule has 1 unspecified atom stereocenters. The average molecular weight is 175 g/mol. The standard InChI is InChI=1S/C9H15ClO/c10-6-2-1-3-8-4-5-9(11)7-8/h8H,1-7H2. The van der Waals surface area contributed by atoms with Crippen LogP contribution >= 0.6 is 11.6 Å². The van der Waals surface area contributed by atoms with Crippen LogP contribution in [-0.4, -0.2) is 11.7 Å². The van der Waals surface area contributed by atoms with Crippen LogP contribution in [0.4, 0.5) is 0 Å². The van der Waals surface area contributed by atoms with E-state index in [9.17, 15) is 4.79 Å². The van der Waals surface area contributed by atoms with E-state index in [1.54, 1.807) is 0 Å². The number of carbonyl (C=O) groups excluding carboxylic acids is 1. The molecule has 1 rings (SSSR count). The number of carbonyl (C=O) groups is 1. The third-order valence-electron chi connectivity index (χ3n) is 2.34. The zero-order valence-corrected chi connectivity index (χ0v) is 7.57. The van der Waals surface area contributed by atoms with Gasteiger partial charge in [0.15, 0.2) is 0 Å². The van der Waals surface area contributed by atoms with Crippen molar-refractivity contribution in [1.29, 1.82) is 0 Å². The molecule has 1 aliphatic carbocycles. The molecule has 1 fully saturated rings. The van der Waals surface area contributed by atoms with E-state index in [2.05, 4.69) is 0 Å². The van der Waals surface area contributed by atoms with Crippen molar-refractivity contribution in [1.82, 2.24) is 0 Å².